The SMILES string of the molecule is O=c1cc(C2CCCC2)nc(CCOCC(F)(F)F)[nH]1. The highest BCUT2D eigenvalue weighted by Gasteiger charge is 2.27. The summed E-state index contributed by atoms with van der Waals surface area (Å²) in [6.07, 6.45) is 0.131. The molecule has 2 rings (SSSR count). The van der Waals surface area contributed by atoms with Gasteiger partial charge in [-0.2, -0.15) is 13.2 Å². The molecule has 1 aliphatic rings. The number of ether oxygens (including phenoxy) is 1. The number of hydrogen-bond acceptors (Lipinski definition) is 3. The average Bonchev–Trinajstić information content (AvgIpc) is 2.86. The zero-order chi connectivity index (χ0) is 14.6. The molecule has 1 aromatic rings. The Hall–Kier alpha value is -1.37. The number of alkyl halides is 3. The van der Waals surface area contributed by atoms with Crippen molar-refractivity contribution in [3.05, 3.63) is 27.9 Å². The normalized spacial score (nSPS) is 16.8. The Morgan fingerprint density at radius 3 is 2.70 bits per heavy atom. The maximum atomic E-state index is 11.9. The van der Waals surface area contributed by atoms with E-state index in [2.05, 4.69) is 14.7 Å². The van der Waals surface area contributed by atoms with Crippen LogP contribution >= 0.6 is 0 Å². The molecule has 7 heteroatoms. The van der Waals surface area contributed by atoms with Crippen molar-refractivity contribution in [1.29, 1.82) is 0 Å². The minimum absolute atomic E-state index is 0.115. The van der Waals surface area contributed by atoms with E-state index >= 15 is 0 Å². The summed E-state index contributed by atoms with van der Waals surface area (Å²) in [4.78, 5) is 18.4. The number of hydrogen-bond donors (Lipinski definition) is 1. The van der Waals surface area contributed by atoms with Gasteiger partial charge in [0, 0.05) is 18.4 Å². The molecule has 1 heterocycles. The van der Waals surface area contributed by atoms with Gasteiger partial charge in [0.2, 0.25) is 0 Å². The average molecular weight is 290 g/mol. The molecule has 0 radical (unpaired) electrons. The van der Waals surface area contributed by atoms with Gasteiger partial charge in [-0.25, -0.2) is 4.98 Å². The molecule has 0 amide bonds. The van der Waals surface area contributed by atoms with Crippen LogP contribution in [0.5, 0.6) is 0 Å². The van der Waals surface area contributed by atoms with Gasteiger partial charge in [-0.1, -0.05) is 12.8 Å². The number of nitrogens with zero attached hydrogens (tertiary/aromatic N) is 1. The zero-order valence-electron chi connectivity index (χ0n) is 11.0. The Balaban J connectivity index is 1.92. The summed E-state index contributed by atoms with van der Waals surface area (Å²) >= 11 is 0. The van der Waals surface area contributed by atoms with E-state index in [4.69, 9.17) is 0 Å². The zero-order valence-corrected chi connectivity index (χ0v) is 11.0. The molecule has 1 saturated carbocycles. The predicted molar refractivity (Wildman–Crippen MR) is 66.6 cm³/mol. The number of aromatic amines is 1. The Kier molecular flexibility index (Phi) is 4.80. The maximum absolute atomic E-state index is 11.9. The second-order valence-electron chi connectivity index (χ2n) is 5.02. The lowest BCUT2D eigenvalue weighted by atomic mass is 10.0. The van der Waals surface area contributed by atoms with Crippen molar-refractivity contribution in [2.24, 2.45) is 0 Å². The molecule has 1 aliphatic carbocycles. The molecule has 1 N–H and O–H groups in total. The van der Waals surface area contributed by atoms with E-state index in [1.54, 1.807) is 0 Å². The number of aromatic nitrogens is 2. The number of halogens is 3. The van der Waals surface area contributed by atoms with Crippen molar-refractivity contribution >= 4 is 0 Å². The summed E-state index contributed by atoms with van der Waals surface area (Å²) in [5, 5.41) is 0. The van der Waals surface area contributed by atoms with Crippen molar-refractivity contribution in [2.75, 3.05) is 13.2 Å². The second kappa shape index (κ2) is 6.39. The van der Waals surface area contributed by atoms with E-state index in [0.717, 1.165) is 31.4 Å². The molecule has 0 bridgehead atoms. The summed E-state index contributed by atoms with van der Waals surface area (Å²) in [7, 11) is 0. The number of rotatable bonds is 5. The molecular formula is C13H17F3N2O2. The third-order valence-corrected chi connectivity index (χ3v) is 3.33. The lowest BCUT2D eigenvalue weighted by Gasteiger charge is -2.10. The van der Waals surface area contributed by atoms with Gasteiger partial charge in [0.05, 0.1) is 12.3 Å². The van der Waals surface area contributed by atoms with Gasteiger partial charge in [-0.3, -0.25) is 4.79 Å². The van der Waals surface area contributed by atoms with Crippen molar-refractivity contribution in [1.82, 2.24) is 9.97 Å². The van der Waals surface area contributed by atoms with Crippen LogP contribution in [0.15, 0.2) is 10.9 Å². The summed E-state index contributed by atoms with van der Waals surface area (Å²) in [6.45, 7) is -1.39. The van der Waals surface area contributed by atoms with E-state index < -0.39 is 12.8 Å². The predicted octanol–water partition coefficient (Wildman–Crippen LogP) is 2.55. The van der Waals surface area contributed by atoms with Crippen LogP contribution < -0.4 is 5.56 Å². The number of nitrogens with one attached hydrogen (secondary N) is 1. The monoisotopic (exact) mass is 290 g/mol. The van der Waals surface area contributed by atoms with Crippen LogP contribution in [0, 0.1) is 0 Å². The van der Waals surface area contributed by atoms with Gasteiger partial charge in [0.15, 0.2) is 0 Å². The highest BCUT2D eigenvalue weighted by molar-refractivity contribution is 5.10. The third-order valence-electron chi connectivity index (χ3n) is 3.33. The van der Waals surface area contributed by atoms with Crippen LogP contribution in [-0.4, -0.2) is 29.4 Å². The fourth-order valence-corrected chi connectivity index (χ4v) is 2.43. The molecular weight excluding hydrogens is 273 g/mol. The molecule has 0 saturated heterocycles. The van der Waals surface area contributed by atoms with Crippen LogP contribution in [0.4, 0.5) is 13.2 Å². The van der Waals surface area contributed by atoms with Gasteiger partial charge in [0.1, 0.15) is 12.4 Å². The van der Waals surface area contributed by atoms with Gasteiger partial charge in [-0.05, 0) is 12.8 Å². The fraction of sp³-hybridized carbons (Fsp3) is 0.692. The Morgan fingerprint density at radius 1 is 1.35 bits per heavy atom. The van der Waals surface area contributed by atoms with E-state index in [1.807, 2.05) is 0 Å². The van der Waals surface area contributed by atoms with Crippen LogP contribution in [0.1, 0.15) is 43.1 Å². The Morgan fingerprint density at radius 2 is 2.05 bits per heavy atom. The van der Waals surface area contributed by atoms with Crippen molar-refractivity contribution in [3.8, 4) is 0 Å². The molecule has 0 atom stereocenters. The first-order valence-corrected chi connectivity index (χ1v) is 6.69. The Labute approximate surface area is 114 Å². The summed E-state index contributed by atoms with van der Waals surface area (Å²) in [6, 6.07) is 1.48. The first-order valence-electron chi connectivity index (χ1n) is 6.69. The maximum Gasteiger partial charge on any atom is 0.411 e. The molecule has 4 nitrogen and oxygen atoms in total. The molecule has 0 aliphatic heterocycles. The first-order chi connectivity index (χ1) is 9.44. The number of H-pyrrole nitrogens is 1. The summed E-state index contributed by atoms with van der Waals surface area (Å²) in [5.41, 5.74) is 0.491. The molecule has 1 aromatic heterocycles. The molecule has 20 heavy (non-hydrogen) atoms. The van der Waals surface area contributed by atoms with Crippen LogP contribution in [0.2, 0.25) is 0 Å². The topological polar surface area (TPSA) is 55.0 Å². The van der Waals surface area contributed by atoms with E-state index in [-0.39, 0.29) is 18.6 Å². The van der Waals surface area contributed by atoms with E-state index in [9.17, 15) is 18.0 Å². The minimum Gasteiger partial charge on any atom is -0.372 e. The van der Waals surface area contributed by atoms with Crippen LogP contribution in [0.25, 0.3) is 0 Å². The molecule has 0 unspecified atom stereocenters. The molecule has 1 fully saturated rings. The highest BCUT2D eigenvalue weighted by atomic mass is 19.4. The van der Waals surface area contributed by atoms with Crippen LogP contribution in [0.3, 0.4) is 0 Å². The first kappa shape index (κ1) is 15.0. The van der Waals surface area contributed by atoms with Gasteiger partial charge >= 0.3 is 6.18 Å². The highest BCUT2D eigenvalue weighted by Crippen LogP contribution is 2.32. The minimum atomic E-state index is -4.33. The van der Waals surface area contributed by atoms with Crippen molar-refractivity contribution in [3.63, 3.8) is 0 Å². The standard InChI is InChI=1S/C13H17F3N2O2/c14-13(15,16)8-20-6-5-11-17-10(7-12(19)18-11)9-3-1-2-4-9/h7,9H,1-6,8H2,(H,17,18,19). The lowest BCUT2D eigenvalue weighted by molar-refractivity contribution is -0.173. The van der Waals surface area contributed by atoms with Crippen molar-refractivity contribution in [2.45, 2.75) is 44.2 Å². The largest absolute Gasteiger partial charge is 0.411 e. The molecule has 112 valence electrons. The van der Waals surface area contributed by atoms with E-state index in [1.165, 1.54) is 6.07 Å². The van der Waals surface area contributed by atoms with Crippen molar-refractivity contribution < 1.29 is 17.9 Å². The molecule has 0 aromatic carbocycles. The smallest absolute Gasteiger partial charge is 0.372 e. The summed E-state index contributed by atoms with van der Waals surface area (Å²) in [5.74, 6) is 0.689. The van der Waals surface area contributed by atoms with Gasteiger partial charge in [-0.15, -0.1) is 0 Å². The third kappa shape index (κ3) is 4.63. The lowest BCUT2D eigenvalue weighted by Crippen LogP contribution is -2.20. The summed E-state index contributed by atoms with van der Waals surface area (Å²) < 4.78 is 40.3. The quantitative estimate of drug-likeness (QED) is 0.848. The fourth-order valence-electron chi connectivity index (χ4n) is 2.43. The van der Waals surface area contributed by atoms with Gasteiger partial charge in [0.25, 0.3) is 5.56 Å². The molecule has 0 spiro atoms. The van der Waals surface area contributed by atoms with Gasteiger partial charge < -0.3 is 9.72 Å². The Bertz CT molecular complexity index is 493. The second-order valence-corrected chi connectivity index (χ2v) is 5.02. The van der Waals surface area contributed by atoms with Crippen LogP contribution in [-0.2, 0) is 11.2 Å². The van der Waals surface area contributed by atoms with E-state index in [0.29, 0.717) is 11.7 Å².